The lowest BCUT2D eigenvalue weighted by atomic mass is 10.3. The molecule has 0 aliphatic carbocycles. The fourth-order valence-corrected chi connectivity index (χ4v) is 1.74. The second-order valence-electron chi connectivity index (χ2n) is 2.43. The minimum Gasteiger partial charge on any atom is -0.324 e. The third kappa shape index (κ3) is 2.67. The van der Waals surface area contributed by atoms with Crippen molar-refractivity contribution in [1.29, 1.82) is 0 Å². The molecule has 1 rings (SSSR count). The Hall–Kier alpha value is -0.610. The van der Waals surface area contributed by atoms with Gasteiger partial charge in [0.05, 0.1) is 10.7 Å². The van der Waals surface area contributed by atoms with Gasteiger partial charge in [-0.15, -0.1) is 0 Å². The van der Waals surface area contributed by atoms with E-state index in [1.807, 2.05) is 0 Å². The summed E-state index contributed by atoms with van der Waals surface area (Å²) in [6, 6.07) is 2.37. The molecule has 0 aliphatic heterocycles. The molecular weight excluding hydrogens is 260 g/mol. The van der Waals surface area contributed by atoms with Gasteiger partial charge in [-0.1, -0.05) is 11.6 Å². The molecule has 1 amide bonds. The maximum absolute atomic E-state index is 12.7. The fraction of sp³-hybridized carbons (Fsp3) is 0.125. The molecule has 0 heterocycles. The Morgan fingerprint density at radius 3 is 2.69 bits per heavy atom. The maximum Gasteiger partial charge on any atom is 0.221 e. The van der Waals surface area contributed by atoms with E-state index in [-0.39, 0.29) is 10.9 Å². The van der Waals surface area contributed by atoms with Crippen molar-refractivity contribution in [3.8, 4) is 0 Å². The third-order valence-electron chi connectivity index (χ3n) is 1.31. The zero-order valence-electron chi connectivity index (χ0n) is 6.70. The van der Waals surface area contributed by atoms with Crippen LogP contribution in [0.15, 0.2) is 16.6 Å². The van der Waals surface area contributed by atoms with Crippen molar-refractivity contribution < 1.29 is 9.18 Å². The number of rotatable bonds is 1. The average Bonchev–Trinajstić information content (AvgIpc) is 1.96. The summed E-state index contributed by atoms with van der Waals surface area (Å²) in [5.41, 5.74) is 0.385. The summed E-state index contributed by atoms with van der Waals surface area (Å²) in [5, 5.41) is 2.65. The van der Waals surface area contributed by atoms with Gasteiger partial charge in [-0.25, -0.2) is 4.39 Å². The number of carbonyl (C=O) groups is 1. The number of carbonyl (C=O) groups excluding carboxylic acids is 1. The van der Waals surface area contributed by atoms with E-state index in [1.54, 1.807) is 0 Å². The van der Waals surface area contributed by atoms with Crippen molar-refractivity contribution in [3.05, 3.63) is 27.4 Å². The maximum atomic E-state index is 12.7. The molecule has 1 aromatic rings. The van der Waals surface area contributed by atoms with Gasteiger partial charge in [0.2, 0.25) is 5.91 Å². The summed E-state index contributed by atoms with van der Waals surface area (Å²) >= 11 is 8.78. The molecule has 0 atom stereocenters. The molecule has 2 nitrogen and oxygen atoms in total. The highest BCUT2D eigenvalue weighted by molar-refractivity contribution is 9.10. The van der Waals surface area contributed by atoms with Gasteiger partial charge in [-0.05, 0) is 28.1 Å². The monoisotopic (exact) mass is 265 g/mol. The average molecular weight is 266 g/mol. The Balaban J connectivity index is 3.13. The summed E-state index contributed by atoms with van der Waals surface area (Å²) in [5.74, 6) is -0.708. The summed E-state index contributed by atoms with van der Waals surface area (Å²) in [6.07, 6.45) is 0. The highest BCUT2D eigenvalue weighted by atomic mass is 79.9. The Morgan fingerprint density at radius 2 is 2.23 bits per heavy atom. The number of nitrogens with one attached hydrogen (secondary N) is 1. The molecule has 1 aromatic carbocycles. The van der Waals surface area contributed by atoms with E-state index in [9.17, 15) is 9.18 Å². The molecule has 13 heavy (non-hydrogen) atoms. The number of halogens is 3. The van der Waals surface area contributed by atoms with Crippen LogP contribution < -0.4 is 5.32 Å². The van der Waals surface area contributed by atoms with E-state index < -0.39 is 5.82 Å². The number of anilines is 1. The normalized spacial score (nSPS) is 9.85. The summed E-state index contributed by atoms with van der Waals surface area (Å²) in [6.45, 7) is 1.35. The SMILES string of the molecule is CC(=O)Nc1c(Cl)cc(F)cc1Br. The van der Waals surface area contributed by atoms with Gasteiger partial charge in [0.15, 0.2) is 0 Å². The van der Waals surface area contributed by atoms with Crippen LogP contribution in [-0.2, 0) is 4.79 Å². The van der Waals surface area contributed by atoms with Crippen LogP contribution >= 0.6 is 27.5 Å². The van der Waals surface area contributed by atoms with Gasteiger partial charge >= 0.3 is 0 Å². The van der Waals surface area contributed by atoms with E-state index >= 15 is 0 Å². The second kappa shape index (κ2) is 4.07. The molecule has 0 aliphatic rings. The number of benzene rings is 1. The summed E-state index contributed by atoms with van der Waals surface area (Å²) < 4.78 is 13.1. The first kappa shape index (κ1) is 10.5. The Labute approximate surface area is 88.2 Å². The Kier molecular flexibility index (Phi) is 3.27. The van der Waals surface area contributed by atoms with E-state index in [2.05, 4.69) is 21.2 Å². The molecule has 5 heteroatoms. The van der Waals surface area contributed by atoms with Crippen molar-refractivity contribution in [2.24, 2.45) is 0 Å². The van der Waals surface area contributed by atoms with Gasteiger partial charge in [-0.2, -0.15) is 0 Å². The van der Waals surface area contributed by atoms with Crippen LogP contribution in [0.3, 0.4) is 0 Å². The van der Waals surface area contributed by atoms with E-state index in [1.165, 1.54) is 13.0 Å². The predicted octanol–water partition coefficient (Wildman–Crippen LogP) is 3.20. The van der Waals surface area contributed by atoms with Crippen molar-refractivity contribution in [3.63, 3.8) is 0 Å². The quantitative estimate of drug-likeness (QED) is 0.831. The van der Waals surface area contributed by atoms with Gasteiger partial charge in [0, 0.05) is 11.4 Å². The molecule has 0 saturated heterocycles. The predicted molar refractivity (Wildman–Crippen MR) is 53.4 cm³/mol. The minimum absolute atomic E-state index is 0.169. The van der Waals surface area contributed by atoms with Crippen LogP contribution in [0.5, 0.6) is 0 Å². The molecule has 0 unspecified atom stereocenters. The first-order valence-electron chi connectivity index (χ1n) is 3.43. The molecular formula is C8H6BrClFNO. The first-order valence-corrected chi connectivity index (χ1v) is 4.60. The van der Waals surface area contributed by atoms with Crippen LogP contribution in [0.25, 0.3) is 0 Å². The van der Waals surface area contributed by atoms with Crippen molar-refractivity contribution in [1.82, 2.24) is 0 Å². The van der Waals surface area contributed by atoms with Crippen LogP contribution in [0.1, 0.15) is 6.92 Å². The van der Waals surface area contributed by atoms with Crippen LogP contribution in [0, 0.1) is 5.82 Å². The highest BCUT2D eigenvalue weighted by Crippen LogP contribution is 2.31. The van der Waals surface area contributed by atoms with E-state index in [0.29, 0.717) is 10.2 Å². The largest absolute Gasteiger partial charge is 0.324 e. The van der Waals surface area contributed by atoms with Gasteiger partial charge < -0.3 is 5.32 Å². The number of hydrogen-bond donors (Lipinski definition) is 1. The van der Waals surface area contributed by atoms with Crippen LogP contribution in [0.2, 0.25) is 5.02 Å². The summed E-state index contributed by atoms with van der Waals surface area (Å²) in [7, 11) is 0. The van der Waals surface area contributed by atoms with E-state index in [0.717, 1.165) is 6.07 Å². The molecule has 0 bridgehead atoms. The standard InChI is InChI=1S/C8H6BrClFNO/c1-4(13)12-8-6(9)2-5(11)3-7(8)10/h2-3H,1H3,(H,12,13). The fourth-order valence-electron chi connectivity index (χ4n) is 0.838. The zero-order valence-corrected chi connectivity index (χ0v) is 9.04. The van der Waals surface area contributed by atoms with Gasteiger partial charge in [-0.3, -0.25) is 4.79 Å². The Morgan fingerprint density at radius 1 is 1.62 bits per heavy atom. The minimum atomic E-state index is -0.453. The lowest BCUT2D eigenvalue weighted by molar-refractivity contribution is -0.114. The van der Waals surface area contributed by atoms with Crippen LogP contribution in [-0.4, -0.2) is 5.91 Å². The zero-order chi connectivity index (χ0) is 10.0. The molecule has 0 spiro atoms. The number of amides is 1. The topological polar surface area (TPSA) is 29.1 Å². The van der Waals surface area contributed by atoms with Gasteiger partial charge in [0.25, 0.3) is 0 Å². The van der Waals surface area contributed by atoms with E-state index in [4.69, 9.17) is 11.6 Å². The molecule has 0 radical (unpaired) electrons. The van der Waals surface area contributed by atoms with Crippen molar-refractivity contribution in [2.75, 3.05) is 5.32 Å². The molecule has 0 fully saturated rings. The molecule has 0 aromatic heterocycles. The third-order valence-corrected chi connectivity index (χ3v) is 2.23. The molecule has 0 saturated carbocycles. The smallest absolute Gasteiger partial charge is 0.221 e. The first-order chi connectivity index (χ1) is 6.00. The van der Waals surface area contributed by atoms with Crippen molar-refractivity contribution in [2.45, 2.75) is 6.92 Å². The second-order valence-corrected chi connectivity index (χ2v) is 3.69. The molecule has 70 valence electrons. The van der Waals surface area contributed by atoms with Gasteiger partial charge in [0.1, 0.15) is 5.82 Å². The highest BCUT2D eigenvalue weighted by Gasteiger charge is 2.08. The number of hydrogen-bond acceptors (Lipinski definition) is 1. The lowest BCUT2D eigenvalue weighted by Crippen LogP contribution is -2.07. The van der Waals surface area contributed by atoms with Crippen LogP contribution in [0.4, 0.5) is 10.1 Å². The molecule has 1 N–H and O–H groups in total. The lowest BCUT2D eigenvalue weighted by Gasteiger charge is -2.07. The summed E-state index contributed by atoms with van der Waals surface area (Å²) in [4.78, 5) is 10.7. The van der Waals surface area contributed by atoms with Crippen molar-refractivity contribution >= 4 is 39.1 Å². The Bertz CT molecular complexity index is 333.